The number of H-pyrrole nitrogens is 1. The Morgan fingerprint density at radius 3 is 2.52 bits per heavy atom. The molecule has 1 aliphatic carbocycles. The molecule has 2 fully saturated rings. The number of hydrogen-bond donors (Lipinski definition) is 1. The molecule has 6 rings (SSSR count). The molecular weight excluding hydrogens is 683 g/mol. The average molecular weight is 709 g/mol. The third-order valence-corrected chi connectivity index (χ3v) is 10.5. The van der Waals surface area contributed by atoms with Crippen molar-refractivity contribution in [1.29, 1.82) is 5.26 Å². The number of halogens is 5. The predicted octanol–water partition coefficient (Wildman–Crippen LogP) is 7.53. The summed E-state index contributed by atoms with van der Waals surface area (Å²) in [5.41, 5.74) is -0.650. The Morgan fingerprint density at radius 1 is 1.17 bits per heavy atom. The molecule has 1 N–H and O–H groups in total. The van der Waals surface area contributed by atoms with Gasteiger partial charge < -0.3 is 19.5 Å². The van der Waals surface area contributed by atoms with E-state index < -0.39 is 34.1 Å². The summed E-state index contributed by atoms with van der Waals surface area (Å²) in [6.07, 6.45) is 2.59. The molecule has 1 saturated heterocycles. The number of alkyl halides is 3. The molecule has 1 unspecified atom stereocenters. The van der Waals surface area contributed by atoms with Crippen LogP contribution in [0.5, 0.6) is 5.75 Å². The molecular formula is C31H26Cl3F2N5O4S. The smallest absolute Gasteiger partial charge is 0.362 e. The van der Waals surface area contributed by atoms with Gasteiger partial charge in [-0.25, -0.2) is 4.79 Å². The highest BCUT2D eigenvalue weighted by atomic mass is 35.5. The van der Waals surface area contributed by atoms with Gasteiger partial charge in [0.15, 0.2) is 0 Å². The second-order valence-corrected chi connectivity index (χ2v) is 13.5. The number of methoxy groups -OCH3 is 1. The second kappa shape index (κ2) is 12.6. The Hall–Kier alpha value is -3.50. The van der Waals surface area contributed by atoms with Gasteiger partial charge in [0, 0.05) is 35.5 Å². The van der Waals surface area contributed by atoms with Gasteiger partial charge in [0.2, 0.25) is 0 Å². The van der Waals surface area contributed by atoms with Gasteiger partial charge in [-0.1, -0.05) is 41.0 Å². The molecule has 0 radical (unpaired) electrons. The molecule has 2 aliphatic heterocycles. The molecule has 1 aromatic heterocycles. The molecule has 1 saturated carbocycles. The Balaban J connectivity index is 1.41. The summed E-state index contributed by atoms with van der Waals surface area (Å²) < 4.78 is 34.1. The van der Waals surface area contributed by atoms with Crippen LogP contribution in [0.2, 0.25) is 10.0 Å². The lowest BCUT2D eigenvalue weighted by molar-refractivity contribution is 0.0684. The van der Waals surface area contributed by atoms with Crippen LogP contribution in [-0.2, 0) is 11.9 Å². The minimum atomic E-state index is -3.94. The minimum Gasteiger partial charge on any atom is -0.495 e. The number of urea groups is 1. The highest BCUT2D eigenvalue weighted by Crippen LogP contribution is 2.46. The van der Waals surface area contributed by atoms with Crippen LogP contribution < -0.4 is 15.2 Å². The number of carbonyl (C=O) groups excluding carboxylic acids is 2. The number of pyridine rings is 1. The lowest BCUT2D eigenvalue weighted by Gasteiger charge is -2.36. The van der Waals surface area contributed by atoms with E-state index in [1.165, 1.54) is 24.1 Å². The molecule has 3 heterocycles. The fraction of sp³-hybridized carbons (Fsp3) is 0.355. The highest BCUT2D eigenvalue weighted by Gasteiger charge is 2.41. The predicted molar refractivity (Wildman–Crippen MR) is 170 cm³/mol. The molecule has 2 aromatic carbocycles. The van der Waals surface area contributed by atoms with Crippen molar-refractivity contribution in [3.8, 4) is 11.8 Å². The van der Waals surface area contributed by atoms with Crippen LogP contribution in [0, 0.1) is 11.3 Å². The summed E-state index contributed by atoms with van der Waals surface area (Å²) in [7, 11) is 1.48. The number of carbonyl (C=O) groups is 2. The lowest BCUT2D eigenvalue weighted by atomic mass is 10.0. The van der Waals surface area contributed by atoms with E-state index in [4.69, 9.17) is 39.5 Å². The first-order valence-electron chi connectivity index (χ1n) is 14.4. The first-order chi connectivity index (χ1) is 21.9. The number of aromatic amines is 1. The molecule has 9 nitrogen and oxygen atoms in total. The number of nitrogens with one attached hydrogen (secondary N) is 1. The molecule has 3 aromatic rings. The molecule has 240 valence electrons. The number of fused-ring (bicyclic) bond motifs is 1. The minimum absolute atomic E-state index is 0.0182. The summed E-state index contributed by atoms with van der Waals surface area (Å²) in [6.45, 7) is 1.15. The van der Waals surface area contributed by atoms with Crippen molar-refractivity contribution in [2.24, 2.45) is 0 Å². The number of anilines is 1. The van der Waals surface area contributed by atoms with E-state index in [9.17, 15) is 28.4 Å². The van der Waals surface area contributed by atoms with E-state index in [0.717, 1.165) is 37.1 Å². The van der Waals surface area contributed by atoms with Gasteiger partial charge in [0.05, 0.1) is 41.4 Å². The van der Waals surface area contributed by atoms with Crippen LogP contribution in [-0.4, -0.2) is 53.0 Å². The van der Waals surface area contributed by atoms with Gasteiger partial charge in [-0.15, -0.1) is 0 Å². The number of ether oxygens (including phenoxy) is 1. The van der Waals surface area contributed by atoms with Gasteiger partial charge >= 0.3 is 11.4 Å². The van der Waals surface area contributed by atoms with Gasteiger partial charge in [0.25, 0.3) is 11.5 Å². The standard InChI is InChI=1S/C31H26Cl3F2N5O4S/c1-45-23-13-18-16(12-22(23)40-11-3-10-39(30(40)44)17-6-7-17)15-41(21(18)8-9-37)29(43)26-24(14-25(31(34,35)36)38-28(26)42)46-27-19(32)4-2-5-20(27)33/h2,4-5,12-14,17,21H,3,6-8,10-11,15H2,1H3,(H,38,42). The summed E-state index contributed by atoms with van der Waals surface area (Å²) in [5, 5.41) is 6.16. The topological polar surface area (TPSA) is 110 Å². The third-order valence-electron chi connectivity index (χ3n) is 8.25. The number of amides is 3. The lowest BCUT2D eigenvalue weighted by Crippen LogP contribution is -2.50. The van der Waals surface area contributed by atoms with Crippen LogP contribution in [0.15, 0.2) is 51.0 Å². The fourth-order valence-corrected chi connectivity index (χ4v) is 7.67. The molecule has 0 spiro atoms. The highest BCUT2D eigenvalue weighted by molar-refractivity contribution is 7.99. The van der Waals surface area contributed by atoms with Crippen LogP contribution in [0.25, 0.3) is 0 Å². The number of aromatic nitrogens is 1. The summed E-state index contributed by atoms with van der Waals surface area (Å²) in [6, 6.07) is 10.5. The summed E-state index contributed by atoms with van der Waals surface area (Å²) in [4.78, 5) is 48.1. The van der Waals surface area contributed by atoms with E-state index in [1.807, 2.05) is 9.88 Å². The van der Waals surface area contributed by atoms with Gasteiger partial charge in [-0.2, -0.15) is 14.0 Å². The van der Waals surface area contributed by atoms with E-state index in [1.54, 1.807) is 23.1 Å². The van der Waals surface area contributed by atoms with Gasteiger partial charge in [-0.05, 0) is 72.3 Å². The number of rotatable bonds is 8. The maximum atomic E-state index is 14.3. The third kappa shape index (κ3) is 6.01. The zero-order chi connectivity index (χ0) is 32.9. The van der Waals surface area contributed by atoms with Gasteiger partial charge in [0.1, 0.15) is 17.0 Å². The molecule has 0 bridgehead atoms. The van der Waals surface area contributed by atoms with Crippen molar-refractivity contribution >= 4 is 64.2 Å². The first-order valence-corrected chi connectivity index (χ1v) is 16.3. The Labute approximate surface area is 281 Å². The normalized spacial score (nSPS) is 18.1. The van der Waals surface area contributed by atoms with Crippen LogP contribution in [0.3, 0.4) is 0 Å². The van der Waals surface area contributed by atoms with E-state index in [0.29, 0.717) is 35.7 Å². The first kappa shape index (κ1) is 32.4. The van der Waals surface area contributed by atoms with Crippen molar-refractivity contribution < 1.29 is 23.1 Å². The number of hydrogen-bond acceptors (Lipinski definition) is 6. The van der Waals surface area contributed by atoms with E-state index in [2.05, 4.69) is 6.07 Å². The Kier molecular flexibility index (Phi) is 8.89. The van der Waals surface area contributed by atoms with Crippen molar-refractivity contribution in [3.05, 3.63) is 79.2 Å². The van der Waals surface area contributed by atoms with Crippen molar-refractivity contribution in [1.82, 2.24) is 14.8 Å². The van der Waals surface area contributed by atoms with Crippen molar-refractivity contribution in [2.45, 2.75) is 59.5 Å². The van der Waals surface area contributed by atoms with Crippen LogP contribution in [0.4, 0.5) is 19.3 Å². The van der Waals surface area contributed by atoms with Crippen LogP contribution in [0.1, 0.15) is 58.9 Å². The molecule has 3 aliphatic rings. The van der Waals surface area contributed by atoms with Crippen LogP contribution >= 0.6 is 46.6 Å². The van der Waals surface area contributed by atoms with E-state index >= 15 is 0 Å². The second-order valence-electron chi connectivity index (χ2n) is 11.1. The van der Waals surface area contributed by atoms with Crippen molar-refractivity contribution in [3.63, 3.8) is 0 Å². The summed E-state index contributed by atoms with van der Waals surface area (Å²) >= 11 is 18.7. The monoisotopic (exact) mass is 707 g/mol. The number of benzene rings is 2. The quantitative estimate of drug-likeness (QED) is 0.242. The van der Waals surface area contributed by atoms with Gasteiger partial charge in [-0.3, -0.25) is 14.5 Å². The fourth-order valence-electron chi connectivity index (χ4n) is 5.93. The maximum Gasteiger partial charge on any atom is 0.362 e. The largest absolute Gasteiger partial charge is 0.495 e. The molecule has 3 amide bonds. The van der Waals surface area contributed by atoms with E-state index in [-0.39, 0.29) is 44.9 Å². The SMILES string of the molecule is COc1cc2c(cc1N1CCCN(C3CC3)C1=O)CN(C(=O)c1c(Sc3c(Cl)cccc3Cl)cc(C(F)(F)Cl)[nH]c1=O)C2CC#N. The molecule has 46 heavy (non-hydrogen) atoms. The maximum absolute atomic E-state index is 14.3. The zero-order valence-corrected chi connectivity index (χ0v) is 27.4. The molecule has 15 heteroatoms. The average Bonchev–Trinajstić information content (AvgIpc) is 3.79. The van der Waals surface area contributed by atoms with Crippen molar-refractivity contribution in [2.75, 3.05) is 25.1 Å². The zero-order valence-electron chi connectivity index (χ0n) is 24.3. The number of nitriles is 1. The Morgan fingerprint density at radius 2 is 1.89 bits per heavy atom. The summed E-state index contributed by atoms with van der Waals surface area (Å²) in [5.74, 6) is -0.402. The Bertz CT molecular complexity index is 1820. The number of nitrogens with zero attached hydrogens (tertiary/aromatic N) is 4. The molecule has 1 atom stereocenters.